The molecule has 0 aromatic heterocycles. The highest BCUT2D eigenvalue weighted by Crippen LogP contribution is 2.17. The van der Waals surface area contributed by atoms with Crippen molar-refractivity contribution in [3.8, 4) is 17.2 Å². The van der Waals surface area contributed by atoms with Crippen LogP contribution in [0.4, 0.5) is 0 Å². The van der Waals surface area contributed by atoms with Gasteiger partial charge in [0, 0.05) is 0 Å². The first-order chi connectivity index (χ1) is 16.5. The van der Waals surface area contributed by atoms with Gasteiger partial charge in [-0.25, -0.2) is 25.2 Å². The van der Waals surface area contributed by atoms with Gasteiger partial charge in [-0.3, -0.25) is 5.01 Å². The summed E-state index contributed by atoms with van der Waals surface area (Å²) in [5.74, 6) is 2.60. The molecule has 10 nitrogen and oxygen atoms in total. The SMILES string of the molecule is NN1C(C(=O)Oc2ccccc2)=NC(C(=O)Oc2ccccc2)=NC1C(=O)Oc1ccccc1. The number of aliphatic imine (C=N–C) groups is 2. The molecule has 1 atom stereocenters. The summed E-state index contributed by atoms with van der Waals surface area (Å²) in [7, 11) is 0. The topological polar surface area (TPSA) is 133 Å². The third kappa shape index (κ3) is 5.31. The van der Waals surface area contributed by atoms with Crippen LogP contribution in [0.15, 0.2) is 101 Å². The molecule has 0 saturated carbocycles. The zero-order chi connectivity index (χ0) is 23.9. The minimum atomic E-state index is -1.60. The first kappa shape index (κ1) is 22.4. The van der Waals surface area contributed by atoms with Crippen molar-refractivity contribution in [3.63, 3.8) is 0 Å². The van der Waals surface area contributed by atoms with Crippen molar-refractivity contribution in [3.05, 3.63) is 91.0 Å². The smallest absolute Gasteiger partial charge is 0.381 e. The summed E-state index contributed by atoms with van der Waals surface area (Å²) in [6.45, 7) is 0. The summed E-state index contributed by atoms with van der Waals surface area (Å²) in [6.07, 6.45) is -1.60. The van der Waals surface area contributed by atoms with E-state index in [-0.39, 0.29) is 17.2 Å². The van der Waals surface area contributed by atoms with Gasteiger partial charge in [0.1, 0.15) is 17.2 Å². The number of amidine groups is 2. The van der Waals surface area contributed by atoms with Gasteiger partial charge in [0.2, 0.25) is 17.8 Å². The summed E-state index contributed by atoms with van der Waals surface area (Å²) in [4.78, 5) is 46.2. The van der Waals surface area contributed by atoms with Gasteiger partial charge < -0.3 is 14.2 Å². The second-order valence-electron chi connectivity index (χ2n) is 6.81. The lowest BCUT2D eigenvalue weighted by molar-refractivity contribution is -0.139. The Morgan fingerprint density at radius 3 is 1.62 bits per heavy atom. The Balaban J connectivity index is 1.62. The molecular formula is C24H18N4O6. The number of hydrazine groups is 1. The quantitative estimate of drug-likeness (QED) is 0.337. The van der Waals surface area contributed by atoms with Crippen LogP contribution < -0.4 is 20.1 Å². The molecule has 3 aromatic carbocycles. The Labute approximate surface area is 193 Å². The van der Waals surface area contributed by atoms with E-state index in [9.17, 15) is 14.4 Å². The van der Waals surface area contributed by atoms with Crippen LogP contribution in [0.25, 0.3) is 0 Å². The summed E-state index contributed by atoms with van der Waals surface area (Å²) < 4.78 is 15.8. The molecule has 0 saturated heterocycles. The number of para-hydroxylation sites is 3. The van der Waals surface area contributed by atoms with Gasteiger partial charge in [-0.15, -0.1) is 0 Å². The maximum Gasteiger partial charge on any atom is 0.381 e. The first-order valence-electron chi connectivity index (χ1n) is 10.0. The lowest BCUT2D eigenvalue weighted by Gasteiger charge is -2.27. The zero-order valence-corrected chi connectivity index (χ0v) is 17.6. The van der Waals surface area contributed by atoms with Gasteiger partial charge in [0.25, 0.3) is 0 Å². The van der Waals surface area contributed by atoms with Gasteiger partial charge in [-0.05, 0) is 36.4 Å². The van der Waals surface area contributed by atoms with Crippen LogP contribution in [0.3, 0.4) is 0 Å². The van der Waals surface area contributed by atoms with Crippen LogP contribution >= 0.6 is 0 Å². The molecule has 170 valence electrons. The molecule has 0 radical (unpaired) electrons. The Hall–Kier alpha value is -4.83. The monoisotopic (exact) mass is 458 g/mol. The molecular weight excluding hydrogens is 440 g/mol. The fourth-order valence-electron chi connectivity index (χ4n) is 2.84. The predicted molar refractivity (Wildman–Crippen MR) is 121 cm³/mol. The van der Waals surface area contributed by atoms with Gasteiger partial charge in [0.05, 0.1) is 0 Å². The van der Waals surface area contributed by atoms with Crippen molar-refractivity contribution in [2.75, 3.05) is 0 Å². The zero-order valence-electron chi connectivity index (χ0n) is 17.6. The number of nitrogens with zero attached hydrogens (tertiary/aromatic N) is 3. The highest BCUT2D eigenvalue weighted by molar-refractivity contribution is 6.45. The second kappa shape index (κ2) is 10.2. The van der Waals surface area contributed by atoms with Gasteiger partial charge in [-0.1, -0.05) is 54.6 Å². The number of carbonyl (C=O) groups is 3. The number of esters is 3. The molecule has 4 rings (SSSR count). The molecule has 0 aliphatic carbocycles. The number of rotatable bonds is 6. The average molecular weight is 458 g/mol. The van der Waals surface area contributed by atoms with E-state index in [0.29, 0.717) is 5.01 Å². The van der Waals surface area contributed by atoms with Gasteiger partial charge in [-0.2, -0.15) is 4.99 Å². The molecule has 0 fully saturated rings. The molecule has 0 bridgehead atoms. The standard InChI is InChI=1S/C24H18N4O6/c25-28-20(23(30)33-17-12-6-2-7-13-17)26-19(22(29)32-16-10-4-1-5-11-16)27-21(28)24(31)34-18-14-8-3-9-15-18/h1-15,20H,25H2. The van der Waals surface area contributed by atoms with Gasteiger partial charge >= 0.3 is 17.9 Å². The molecule has 1 unspecified atom stereocenters. The van der Waals surface area contributed by atoms with Crippen LogP contribution in [0.5, 0.6) is 17.2 Å². The molecule has 1 aliphatic heterocycles. The third-order valence-corrected chi connectivity index (χ3v) is 4.41. The first-order valence-corrected chi connectivity index (χ1v) is 10.0. The van der Waals surface area contributed by atoms with Crippen molar-refractivity contribution in [1.29, 1.82) is 0 Å². The molecule has 0 amide bonds. The fraction of sp³-hybridized carbons (Fsp3) is 0.0417. The van der Waals surface area contributed by atoms with Crippen molar-refractivity contribution >= 4 is 29.6 Å². The van der Waals surface area contributed by atoms with E-state index in [1.807, 2.05) is 0 Å². The number of hydrogen-bond acceptors (Lipinski definition) is 10. The van der Waals surface area contributed by atoms with Crippen molar-refractivity contribution < 1.29 is 28.6 Å². The highest BCUT2D eigenvalue weighted by atomic mass is 16.5. The molecule has 1 aliphatic rings. The van der Waals surface area contributed by atoms with Crippen molar-refractivity contribution in [2.45, 2.75) is 6.17 Å². The summed E-state index contributed by atoms with van der Waals surface area (Å²) in [5, 5.41) is 0.676. The molecule has 3 aromatic rings. The number of nitrogens with two attached hydrogens (primary N) is 1. The summed E-state index contributed by atoms with van der Waals surface area (Å²) in [5.41, 5.74) is 0. The van der Waals surface area contributed by atoms with Crippen LogP contribution in [-0.4, -0.2) is 40.8 Å². The van der Waals surface area contributed by atoms with Crippen LogP contribution in [0.2, 0.25) is 0 Å². The van der Waals surface area contributed by atoms with Gasteiger partial charge in [0.15, 0.2) is 0 Å². The van der Waals surface area contributed by atoms with E-state index in [2.05, 4.69) is 9.98 Å². The molecule has 10 heteroatoms. The third-order valence-electron chi connectivity index (χ3n) is 4.41. The Morgan fingerprint density at radius 1 is 0.676 bits per heavy atom. The van der Waals surface area contributed by atoms with E-state index >= 15 is 0 Å². The normalized spacial score (nSPS) is 15.0. The predicted octanol–water partition coefficient (Wildman–Crippen LogP) is 2.12. The lowest BCUT2D eigenvalue weighted by atomic mass is 10.3. The van der Waals surface area contributed by atoms with E-state index in [1.165, 1.54) is 0 Å². The maximum atomic E-state index is 12.8. The molecule has 2 N–H and O–H groups in total. The molecule has 34 heavy (non-hydrogen) atoms. The number of hydrogen-bond donors (Lipinski definition) is 1. The average Bonchev–Trinajstić information content (AvgIpc) is 2.86. The van der Waals surface area contributed by atoms with E-state index < -0.39 is 35.7 Å². The summed E-state index contributed by atoms with van der Waals surface area (Å²) >= 11 is 0. The molecule has 0 spiro atoms. The number of carbonyl (C=O) groups excluding carboxylic acids is 3. The highest BCUT2D eigenvalue weighted by Gasteiger charge is 2.38. The largest absolute Gasteiger partial charge is 0.424 e. The van der Waals surface area contributed by atoms with E-state index in [0.717, 1.165) is 0 Å². The maximum absolute atomic E-state index is 12.8. The lowest BCUT2D eigenvalue weighted by Crippen LogP contribution is -2.56. The van der Waals surface area contributed by atoms with Crippen LogP contribution in [0.1, 0.15) is 0 Å². The Kier molecular flexibility index (Phi) is 6.70. The second-order valence-corrected chi connectivity index (χ2v) is 6.81. The molecule has 1 heterocycles. The summed E-state index contributed by atoms with van der Waals surface area (Å²) in [6, 6.07) is 24.5. The Bertz CT molecular complexity index is 1250. The van der Waals surface area contributed by atoms with Crippen molar-refractivity contribution in [1.82, 2.24) is 5.01 Å². The fourth-order valence-corrected chi connectivity index (χ4v) is 2.84. The minimum Gasteiger partial charge on any atom is -0.424 e. The number of ether oxygens (including phenoxy) is 3. The van der Waals surface area contributed by atoms with Crippen LogP contribution in [0, 0.1) is 0 Å². The van der Waals surface area contributed by atoms with E-state index in [1.54, 1.807) is 91.0 Å². The van der Waals surface area contributed by atoms with Crippen LogP contribution in [-0.2, 0) is 14.4 Å². The van der Waals surface area contributed by atoms with Crippen molar-refractivity contribution in [2.24, 2.45) is 15.8 Å². The minimum absolute atomic E-state index is 0.211. The van der Waals surface area contributed by atoms with E-state index in [4.69, 9.17) is 20.1 Å². The Morgan fingerprint density at radius 2 is 1.12 bits per heavy atom. The number of benzene rings is 3.